The van der Waals surface area contributed by atoms with Gasteiger partial charge in [-0.25, -0.2) is 0 Å². The summed E-state index contributed by atoms with van der Waals surface area (Å²) in [6.07, 6.45) is 5.92. The van der Waals surface area contributed by atoms with Crippen LogP contribution in [0.2, 0.25) is 0 Å². The second-order valence-electron chi connectivity index (χ2n) is 4.97. The minimum Gasteiger partial charge on any atom is -0.379 e. The van der Waals surface area contributed by atoms with Gasteiger partial charge in [-0.3, -0.25) is 4.99 Å². The Morgan fingerprint density at radius 2 is 1.52 bits per heavy atom. The fourth-order valence-corrected chi connectivity index (χ4v) is 1.70. The second kappa shape index (κ2) is 17.2. The van der Waals surface area contributed by atoms with E-state index in [0.29, 0.717) is 19.8 Å². The van der Waals surface area contributed by atoms with E-state index in [2.05, 4.69) is 36.4 Å². The normalized spacial score (nSPS) is 11.7. The summed E-state index contributed by atoms with van der Waals surface area (Å²) in [5, 5.41) is 6.53. The molecule has 5 heteroatoms. The van der Waals surface area contributed by atoms with Crippen molar-refractivity contribution in [3.63, 3.8) is 0 Å². The quantitative estimate of drug-likeness (QED) is 0.294. The Bertz CT molecular complexity index is 236. The third kappa shape index (κ3) is 15.4. The molecular weight excluding hydrogens is 266 g/mol. The van der Waals surface area contributed by atoms with Gasteiger partial charge in [0.15, 0.2) is 5.96 Å². The maximum absolute atomic E-state index is 5.52. The Morgan fingerprint density at radius 1 is 0.810 bits per heavy atom. The number of unbranched alkanes of at least 4 members (excludes halogenated alkanes) is 3. The lowest BCUT2D eigenvalue weighted by Gasteiger charge is -2.11. The number of guanidine groups is 1. The van der Waals surface area contributed by atoms with Crippen LogP contribution in [0.4, 0.5) is 0 Å². The van der Waals surface area contributed by atoms with E-state index in [0.717, 1.165) is 45.0 Å². The standard InChI is InChI=1S/C16H35N3O2/c1-4-7-9-10-18-16(17-6-3)19-11-13-21-15-14-20-12-8-5-2/h4-15H2,1-3H3,(H2,17,18,19). The number of nitrogens with zero attached hydrogens (tertiary/aromatic N) is 1. The number of hydrogen-bond acceptors (Lipinski definition) is 3. The molecule has 0 saturated heterocycles. The van der Waals surface area contributed by atoms with Gasteiger partial charge < -0.3 is 20.1 Å². The second-order valence-corrected chi connectivity index (χ2v) is 4.97. The Labute approximate surface area is 130 Å². The molecule has 0 aromatic rings. The minimum absolute atomic E-state index is 0.662. The van der Waals surface area contributed by atoms with Gasteiger partial charge in [0.2, 0.25) is 0 Å². The van der Waals surface area contributed by atoms with Crippen molar-refractivity contribution in [1.82, 2.24) is 10.6 Å². The lowest BCUT2D eigenvalue weighted by atomic mass is 10.2. The Balaban J connectivity index is 3.50. The molecule has 0 radical (unpaired) electrons. The molecule has 0 aromatic heterocycles. The van der Waals surface area contributed by atoms with Crippen LogP contribution < -0.4 is 10.6 Å². The molecule has 0 rings (SSSR count). The summed E-state index contributed by atoms with van der Waals surface area (Å²) in [7, 11) is 0. The van der Waals surface area contributed by atoms with Crippen molar-refractivity contribution in [3.05, 3.63) is 0 Å². The van der Waals surface area contributed by atoms with E-state index in [-0.39, 0.29) is 0 Å². The molecule has 0 amide bonds. The zero-order valence-electron chi connectivity index (χ0n) is 14.2. The van der Waals surface area contributed by atoms with Crippen molar-refractivity contribution in [3.8, 4) is 0 Å². The summed E-state index contributed by atoms with van der Waals surface area (Å²) < 4.78 is 11.0. The average Bonchev–Trinajstić information content (AvgIpc) is 2.49. The first kappa shape index (κ1) is 20.2. The average molecular weight is 301 g/mol. The van der Waals surface area contributed by atoms with Gasteiger partial charge in [-0.15, -0.1) is 0 Å². The molecule has 0 aliphatic rings. The summed E-state index contributed by atoms with van der Waals surface area (Å²) >= 11 is 0. The van der Waals surface area contributed by atoms with Gasteiger partial charge in [-0.2, -0.15) is 0 Å². The van der Waals surface area contributed by atoms with Crippen LogP contribution in [-0.4, -0.2) is 52.0 Å². The van der Waals surface area contributed by atoms with E-state index in [1.807, 2.05) is 0 Å². The van der Waals surface area contributed by atoms with Gasteiger partial charge >= 0.3 is 0 Å². The van der Waals surface area contributed by atoms with Crippen LogP contribution in [0.3, 0.4) is 0 Å². The molecule has 0 aromatic carbocycles. The number of nitrogens with one attached hydrogen (secondary N) is 2. The van der Waals surface area contributed by atoms with Crippen LogP contribution in [0, 0.1) is 0 Å². The highest BCUT2D eigenvalue weighted by molar-refractivity contribution is 5.79. The predicted molar refractivity (Wildman–Crippen MR) is 90.1 cm³/mol. The summed E-state index contributed by atoms with van der Waals surface area (Å²) in [5.41, 5.74) is 0. The van der Waals surface area contributed by atoms with E-state index in [1.54, 1.807) is 0 Å². The molecule has 21 heavy (non-hydrogen) atoms. The van der Waals surface area contributed by atoms with Crippen LogP contribution in [0.1, 0.15) is 52.9 Å². The van der Waals surface area contributed by atoms with Crippen LogP contribution in [0.15, 0.2) is 4.99 Å². The highest BCUT2D eigenvalue weighted by Crippen LogP contribution is 1.93. The summed E-state index contributed by atoms with van der Waals surface area (Å²) in [6.45, 7) is 11.8. The SMILES string of the molecule is CCCCCN=C(NCC)NCCOCCOCCCC. The molecule has 5 nitrogen and oxygen atoms in total. The number of ether oxygens (including phenoxy) is 2. The van der Waals surface area contributed by atoms with Gasteiger partial charge in [-0.05, 0) is 19.8 Å². The zero-order valence-corrected chi connectivity index (χ0v) is 14.2. The van der Waals surface area contributed by atoms with Crippen molar-refractivity contribution >= 4 is 5.96 Å². The van der Waals surface area contributed by atoms with Crippen molar-refractivity contribution in [2.45, 2.75) is 52.9 Å². The molecule has 0 bridgehead atoms. The topological polar surface area (TPSA) is 54.9 Å². The number of aliphatic imine (C=N–C) groups is 1. The molecule has 0 aliphatic heterocycles. The monoisotopic (exact) mass is 301 g/mol. The summed E-state index contributed by atoms with van der Waals surface area (Å²) in [5.74, 6) is 0.886. The first-order chi connectivity index (χ1) is 10.3. The Hall–Kier alpha value is -0.810. The largest absolute Gasteiger partial charge is 0.379 e. The molecule has 0 atom stereocenters. The Kier molecular flexibility index (Phi) is 16.6. The van der Waals surface area contributed by atoms with Crippen LogP contribution in [0.5, 0.6) is 0 Å². The third-order valence-corrected chi connectivity index (χ3v) is 2.93. The van der Waals surface area contributed by atoms with Crippen molar-refractivity contribution in [2.24, 2.45) is 4.99 Å². The fraction of sp³-hybridized carbons (Fsp3) is 0.938. The lowest BCUT2D eigenvalue weighted by molar-refractivity contribution is 0.0487. The van der Waals surface area contributed by atoms with Crippen molar-refractivity contribution in [2.75, 3.05) is 46.1 Å². The maximum atomic E-state index is 5.52. The maximum Gasteiger partial charge on any atom is 0.191 e. The van der Waals surface area contributed by atoms with E-state index < -0.39 is 0 Å². The molecule has 0 aliphatic carbocycles. The van der Waals surface area contributed by atoms with Gasteiger partial charge in [-0.1, -0.05) is 33.1 Å². The first-order valence-corrected chi connectivity index (χ1v) is 8.52. The molecule has 0 fully saturated rings. The Morgan fingerprint density at radius 3 is 2.19 bits per heavy atom. The fourth-order valence-electron chi connectivity index (χ4n) is 1.70. The molecule has 0 unspecified atom stereocenters. The van der Waals surface area contributed by atoms with Crippen LogP contribution in [-0.2, 0) is 9.47 Å². The third-order valence-electron chi connectivity index (χ3n) is 2.93. The number of hydrogen-bond donors (Lipinski definition) is 2. The lowest BCUT2D eigenvalue weighted by Crippen LogP contribution is -2.39. The summed E-state index contributed by atoms with van der Waals surface area (Å²) in [6, 6.07) is 0. The molecule has 2 N–H and O–H groups in total. The van der Waals surface area contributed by atoms with Crippen molar-refractivity contribution < 1.29 is 9.47 Å². The molecule has 126 valence electrons. The van der Waals surface area contributed by atoms with Gasteiger partial charge in [0.1, 0.15) is 0 Å². The van der Waals surface area contributed by atoms with Crippen LogP contribution in [0.25, 0.3) is 0 Å². The summed E-state index contributed by atoms with van der Waals surface area (Å²) in [4.78, 5) is 4.53. The smallest absolute Gasteiger partial charge is 0.191 e. The molecule has 0 spiro atoms. The highest BCUT2D eigenvalue weighted by atomic mass is 16.5. The predicted octanol–water partition coefficient (Wildman–Crippen LogP) is 2.57. The van der Waals surface area contributed by atoms with Gasteiger partial charge in [0.25, 0.3) is 0 Å². The highest BCUT2D eigenvalue weighted by Gasteiger charge is 1.96. The molecular formula is C16H35N3O2. The van der Waals surface area contributed by atoms with E-state index in [9.17, 15) is 0 Å². The first-order valence-electron chi connectivity index (χ1n) is 8.52. The minimum atomic E-state index is 0.662. The van der Waals surface area contributed by atoms with Gasteiger partial charge in [0, 0.05) is 26.2 Å². The van der Waals surface area contributed by atoms with Gasteiger partial charge in [0.05, 0.1) is 19.8 Å². The molecule has 0 saturated carbocycles. The van der Waals surface area contributed by atoms with E-state index >= 15 is 0 Å². The van der Waals surface area contributed by atoms with Crippen molar-refractivity contribution in [1.29, 1.82) is 0 Å². The molecule has 0 heterocycles. The van der Waals surface area contributed by atoms with E-state index in [4.69, 9.17) is 9.47 Å². The number of rotatable bonds is 14. The zero-order chi connectivity index (χ0) is 15.6. The van der Waals surface area contributed by atoms with E-state index in [1.165, 1.54) is 19.3 Å². The van der Waals surface area contributed by atoms with Crippen LogP contribution >= 0.6 is 0 Å².